The van der Waals surface area contributed by atoms with Crippen molar-refractivity contribution in [3.05, 3.63) is 53.7 Å². The fraction of sp³-hybridized carbons (Fsp3) is 0.476. The Labute approximate surface area is 170 Å². The number of pyridine rings is 1. The third-order valence-electron chi connectivity index (χ3n) is 5.79. The Bertz CT molecular complexity index is 961. The van der Waals surface area contributed by atoms with E-state index >= 15 is 0 Å². The number of hydrogen-bond acceptors (Lipinski definition) is 5. The molecule has 0 spiro atoms. The molecule has 0 saturated carbocycles. The summed E-state index contributed by atoms with van der Waals surface area (Å²) in [5.74, 6) is 0.356. The van der Waals surface area contributed by atoms with Crippen LogP contribution in [0, 0.1) is 12.8 Å². The molecule has 0 aliphatic carbocycles. The molecular formula is C21H28N6O2. The Morgan fingerprint density at radius 2 is 2.21 bits per heavy atom. The number of ether oxygens (including phenoxy) is 1. The molecule has 3 aromatic heterocycles. The van der Waals surface area contributed by atoms with Crippen LogP contribution in [0.4, 0.5) is 0 Å². The molecule has 0 radical (unpaired) electrons. The quantitative estimate of drug-likeness (QED) is 0.627. The molecule has 1 fully saturated rings. The molecule has 1 amide bonds. The standard InChI is InChI=1S/C21H28N6O2/c1-15-18(13-23-25(15)2)21-16(10-20(28)27(21)8-9-29-3)11-22-12-17-14-26-7-5-4-6-19(26)24-17/h4-7,13-14,16,21-22H,8-12H2,1-3H3/t16-,21+/m0/s1. The van der Waals surface area contributed by atoms with Gasteiger partial charge < -0.3 is 19.4 Å². The second-order valence-electron chi connectivity index (χ2n) is 7.63. The number of likely N-dealkylation sites (tertiary alicyclic amines) is 1. The average Bonchev–Trinajstić information content (AvgIpc) is 3.36. The smallest absolute Gasteiger partial charge is 0.223 e. The van der Waals surface area contributed by atoms with E-state index in [1.165, 1.54) is 0 Å². The Kier molecular flexibility index (Phi) is 5.64. The van der Waals surface area contributed by atoms with Crippen LogP contribution < -0.4 is 5.32 Å². The van der Waals surface area contributed by atoms with Crippen molar-refractivity contribution in [2.24, 2.45) is 13.0 Å². The van der Waals surface area contributed by atoms with Crippen molar-refractivity contribution in [1.29, 1.82) is 0 Å². The monoisotopic (exact) mass is 396 g/mol. The van der Waals surface area contributed by atoms with E-state index in [2.05, 4.69) is 22.3 Å². The third-order valence-corrected chi connectivity index (χ3v) is 5.79. The van der Waals surface area contributed by atoms with Crippen LogP contribution in [0.15, 0.2) is 36.8 Å². The minimum Gasteiger partial charge on any atom is -0.383 e. The summed E-state index contributed by atoms with van der Waals surface area (Å²) in [7, 11) is 3.60. The Morgan fingerprint density at radius 3 is 2.93 bits per heavy atom. The van der Waals surface area contributed by atoms with E-state index in [-0.39, 0.29) is 17.9 Å². The van der Waals surface area contributed by atoms with Crippen molar-refractivity contribution >= 4 is 11.6 Å². The van der Waals surface area contributed by atoms with Gasteiger partial charge in [-0.05, 0) is 19.1 Å². The van der Waals surface area contributed by atoms with Gasteiger partial charge in [0, 0.05) is 69.8 Å². The van der Waals surface area contributed by atoms with Gasteiger partial charge in [-0.1, -0.05) is 6.07 Å². The van der Waals surface area contributed by atoms with Crippen LogP contribution in [-0.4, -0.2) is 56.8 Å². The SMILES string of the molecule is COCCN1C(=O)C[C@@H](CNCc2cn3ccccc3n2)[C@@H]1c1cnn(C)c1C. The summed E-state index contributed by atoms with van der Waals surface area (Å²) in [5, 5.41) is 7.92. The molecule has 4 heterocycles. The minimum atomic E-state index is 0.0138. The molecule has 0 unspecified atom stereocenters. The predicted octanol–water partition coefficient (Wildman–Crippen LogP) is 1.70. The number of carbonyl (C=O) groups excluding carboxylic acids is 1. The minimum absolute atomic E-state index is 0.0138. The van der Waals surface area contributed by atoms with E-state index in [1.807, 2.05) is 57.8 Å². The number of amides is 1. The van der Waals surface area contributed by atoms with E-state index in [0.29, 0.717) is 26.1 Å². The molecular weight excluding hydrogens is 368 g/mol. The summed E-state index contributed by atoms with van der Waals surface area (Å²) in [5.41, 5.74) is 4.15. The van der Waals surface area contributed by atoms with Gasteiger partial charge in [0.2, 0.25) is 5.91 Å². The lowest BCUT2D eigenvalue weighted by Crippen LogP contribution is -2.34. The number of nitrogens with zero attached hydrogens (tertiary/aromatic N) is 5. The van der Waals surface area contributed by atoms with Gasteiger partial charge in [-0.25, -0.2) is 4.98 Å². The first-order chi connectivity index (χ1) is 14.1. The molecule has 1 aliphatic rings. The molecule has 154 valence electrons. The van der Waals surface area contributed by atoms with E-state index in [9.17, 15) is 4.79 Å². The Balaban J connectivity index is 1.48. The van der Waals surface area contributed by atoms with Crippen LogP contribution in [0.5, 0.6) is 0 Å². The second kappa shape index (κ2) is 8.34. The number of fused-ring (bicyclic) bond motifs is 1. The van der Waals surface area contributed by atoms with Crippen LogP contribution in [0.3, 0.4) is 0 Å². The molecule has 8 heteroatoms. The number of aromatic nitrogens is 4. The molecule has 2 atom stereocenters. The van der Waals surface area contributed by atoms with E-state index in [1.54, 1.807) is 7.11 Å². The van der Waals surface area contributed by atoms with Crippen molar-refractivity contribution in [1.82, 2.24) is 29.4 Å². The lowest BCUT2D eigenvalue weighted by molar-refractivity contribution is -0.129. The van der Waals surface area contributed by atoms with Gasteiger partial charge >= 0.3 is 0 Å². The summed E-state index contributed by atoms with van der Waals surface area (Å²) >= 11 is 0. The first-order valence-corrected chi connectivity index (χ1v) is 9.98. The van der Waals surface area contributed by atoms with Crippen LogP contribution in [-0.2, 0) is 23.1 Å². The highest BCUT2D eigenvalue weighted by atomic mass is 16.5. The first kappa shape index (κ1) is 19.6. The third kappa shape index (κ3) is 3.90. The molecule has 8 nitrogen and oxygen atoms in total. The zero-order valence-corrected chi connectivity index (χ0v) is 17.2. The predicted molar refractivity (Wildman–Crippen MR) is 109 cm³/mol. The van der Waals surface area contributed by atoms with E-state index in [0.717, 1.165) is 29.1 Å². The number of rotatable bonds is 8. The second-order valence-corrected chi connectivity index (χ2v) is 7.63. The highest BCUT2D eigenvalue weighted by Crippen LogP contribution is 2.38. The highest BCUT2D eigenvalue weighted by Gasteiger charge is 2.41. The Hall–Kier alpha value is -2.71. The van der Waals surface area contributed by atoms with Crippen LogP contribution in [0.1, 0.15) is 29.4 Å². The number of methoxy groups -OCH3 is 1. The van der Waals surface area contributed by atoms with Crippen molar-refractivity contribution in [2.45, 2.75) is 25.9 Å². The molecule has 0 aromatic carbocycles. The molecule has 29 heavy (non-hydrogen) atoms. The van der Waals surface area contributed by atoms with Crippen molar-refractivity contribution < 1.29 is 9.53 Å². The largest absolute Gasteiger partial charge is 0.383 e. The highest BCUT2D eigenvalue weighted by molar-refractivity contribution is 5.79. The van der Waals surface area contributed by atoms with Gasteiger partial charge in [-0.2, -0.15) is 5.10 Å². The summed E-state index contributed by atoms with van der Waals surface area (Å²) in [4.78, 5) is 19.3. The molecule has 1 N–H and O–H groups in total. The van der Waals surface area contributed by atoms with Crippen molar-refractivity contribution in [2.75, 3.05) is 26.8 Å². The van der Waals surface area contributed by atoms with Crippen LogP contribution in [0.2, 0.25) is 0 Å². The number of nitrogens with one attached hydrogen (secondary N) is 1. The van der Waals surface area contributed by atoms with E-state index in [4.69, 9.17) is 4.74 Å². The van der Waals surface area contributed by atoms with Gasteiger partial charge in [0.05, 0.1) is 24.5 Å². The summed E-state index contributed by atoms with van der Waals surface area (Å²) in [6.45, 7) is 4.59. The maximum absolute atomic E-state index is 12.7. The first-order valence-electron chi connectivity index (χ1n) is 9.98. The number of hydrogen-bond donors (Lipinski definition) is 1. The maximum atomic E-state index is 12.7. The lowest BCUT2D eigenvalue weighted by Gasteiger charge is -2.28. The molecule has 4 rings (SSSR count). The number of imidazole rings is 1. The summed E-state index contributed by atoms with van der Waals surface area (Å²) < 4.78 is 9.12. The molecule has 1 aliphatic heterocycles. The van der Waals surface area contributed by atoms with Crippen molar-refractivity contribution in [3.8, 4) is 0 Å². The summed E-state index contributed by atoms with van der Waals surface area (Å²) in [6, 6.07) is 5.98. The van der Waals surface area contributed by atoms with Gasteiger partial charge in [0.1, 0.15) is 5.65 Å². The van der Waals surface area contributed by atoms with E-state index < -0.39 is 0 Å². The number of carbonyl (C=O) groups is 1. The Morgan fingerprint density at radius 1 is 1.34 bits per heavy atom. The molecule has 1 saturated heterocycles. The summed E-state index contributed by atoms with van der Waals surface area (Å²) in [6.07, 6.45) is 6.46. The average molecular weight is 396 g/mol. The maximum Gasteiger partial charge on any atom is 0.223 e. The number of aryl methyl sites for hydroxylation is 1. The van der Waals surface area contributed by atoms with Crippen LogP contribution in [0.25, 0.3) is 5.65 Å². The van der Waals surface area contributed by atoms with Crippen LogP contribution >= 0.6 is 0 Å². The zero-order chi connectivity index (χ0) is 20.4. The normalized spacial score (nSPS) is 19.6. The van der Waals surface area contributed by atoms with Gasteiger partial charge in [-0.15, -0.1) is 0 Å². The molecule has 3 aromatic rings. The van der Waals surface area contributed by atoms with Gasteiger partial charge in [-0.3, -0.25) is 9.48 Å². The fourth-order valence-electron chi connectivity index (χ4n) is 4.19. The van der Waals surface area contributed by atoms with Gasteiger partial charge in [0.25, 0.3) is 0 Å². The topological polar surface area (TPSA) is 76.7 Å². The molecule has 0 bridgehead atoms. The lowest BCUT2D eigenvalue weighted by atomic mass is 9.94. The zero-order valence-electron chi connectivity index (χ0n) is 17.2. The van der Waals surface area contributed by atoms with Crippen molar-refractivity contribution in [3.63, 3.8) is 0 Å². The fourth-order valence-corrected chi connectivity index (χ4v) is 4.19. The van der Waals surface area contributed by atoms with Gasteiger partial charge in [0.15, 0.2) is 0 Å².